The lowest BCUT2D eigenvalue weighted by Gasteiger charge is -2.02. The summed E-state index contributed by atoms with van der Waals surface area (Å²) in [4.78, 5) is 2.19. The Bertz CT molecular complexity index is 1200. The van der Waals surface area contributed by atoms with Gasteiger partial charge in [0, 0.05) is 26.5 Å². The number of nitrogens with one attached hydrogen (secondary N) is 1. The maximum Gasteiger partial charge on any atom is 0.265 e. The van der Waals surface area contributed by atoms with Gasteiger partial charge in [0.25, 0.3) is 19.1 Å². The normalized spacial score (nSPS) is 11.8. The van der Waals surface area contributed by atoms with Crippen LogP contribution < -0.4 is 4.72 Å². The minimum atomic E-state index is -3.62. The topological polar surface area (TPSA) is 106 Å². The van der Waals surface area contributed by atoms with E-state index >= 15 is 0 Å². The fourth-order valence-corrected chi connectivity index (χ4v) is 9.53. The molecule has 0 spiro atoms. The Morgan fingerprint density at radius 2 is 1.46 bits per heavy atom. The van der Waals surface area contributed by atoms with Gasteiger partial charge < -0.3 is 4.52 Å². The van der Waals surface area contributed by atoms with Crippen LogP contribution in [0.3, 0.4) is 0 Å². The van der Waals surface area contributed by atoms with Crippen molar-refractivity contribution in [3.8, 4) is 0 Å². The number of thiophene rings is 2. The molecule has 28 heavy (non-hydrogen) atoms. The van der Waals surface area contributed by atoms with Crippen LogP contribution in [0.5, 0.6) is 0 Å². The molecule has 7 nitrogen and oxygen atoms in total. The Morgan fingerprint density at radius 1 is 0.964 bits per heavy atom. The second kappa shape index (κ2) is 9.14. The van der Waals surface area contributed by atoms with E-state index in [0.717, 1.165) is 9.75 Å². The highest BCUT2D eigenvalue weighted by molar-refractivity contribution is 9.11. The molecule has 14 heteroatoms. The summed E-state index contributed by atoms with van der Waals surface area (Å²) in [6.07, 6.45) is 0. The highest BCUT2D eigenvalue weighted by Gasteiger charge is 2.21. The zero-order valence-corrected chi connectivity index (χ0v) is 21.7. The summed E-state index contributed by atoms with van der Waals surface area (Å²) in [5.41, 5.74) is 0. The van der Waals surface area contributed by atoms with Crippen molar-refractivity contribution >= 4 is 90.1 Å². The SMILES string of the molecule is Cc1cc(NS(=O)(=O)c2cc(C)sc2Br)no1.Cc1cc(S(=O)(=O)Cl)c(Br)s1. The van der Waals surface area contributed by atoms with Crippen LogP contribution >= 0.6 is 65.2 Å². The number of aromatic nitrogens is 1. The number of hydrogen-bond acceptors (Lipinski definition) is 8. The van der Waals surface area contributed by atoms with Crippen molar-refractivity contribution in [1.29, 1.82) is 0 Å². The molecule has 0 atom stereocenters. The summed E-state index contributed by atoms with van der Waals surface area (Å²) in [5.74, 6) is 0.724. The molecular formula is C14H13Br2ClN2O5S4. The summed E-state index contributed by atoms with van der Waals surface area (Å²) >= 11 is 9.05. The molecule has 0 fully saturated rings. The average Bonchev–Trinajstić information content (AvgIpc) is 3.18. The van der Waals surface area contributed by atoms with Gasteiger partial charge in [-0.05, 0) is 64.8 Å². The molecule has 0 radical (unpaired) electrons. The van der Waals surface area contributed by atoms with Gasteiger partial charge in [0.1, 0.15) is 15.6 Å². The molecule has 0 saturated carbocycles. The van der Waals surface area contributed by atoms with E-state index in [2.05, 4.69) is 41.7 Å². The van der Waals surface area contributed by atoms with Gasteiger partial charge in [-0.25, -0.2) is 16.8 Å². The molecule has 0 aromatic carbocycles. The van der Waals surface area contributed by atoms with Gasteiger partial charge in [0.15, 0.2) is 5.82 Å². The maximum absolute atomic E-state index is 12.0. The average molecular weight is 613 g/mol. The Hall–Kier alpha value is -0.440. The predicted octanol–water partition coefficient (Wildman–Crippen LogP) is 5.66. The van der Waals surface area contributed by atoms with Crippen molar-refractivity contribution in [2.24, 2.45) is 0 Å². The van der Waals surface area contributed by atoms with Gasteiger partial charge in [-0.1, -0.05) is 5.16 Å². The van der Waals surface area contributed by atoms with Gasteiger partial charge >= 0.3 is 0 Å². The lowest BCUT2D eigenvalue weighted by Crippen LogP contribution is -2.12. The van der Waals surface area contributed by atoms with Crippen molar-refractivity contribution in [3.63, 3.8) is 0 Å². The molecule has 3 heterocycles. The standard InChI is InChI=1S/C9H9BrN2O3S2.C5H4BrClO2S2/c1-5-3-8(11-15-5)12-17(13,14)7-4-6(2)16-9(7)10;1-3-2-4(5(6)10-3)11(7,8)9/h3-4H,1-2H3,(H,11,12);2H,1H3. The Labute approximate surface area is 191 Å². The molecule has 0 amide bonds. The first-order valence-electron chi connectivity index (χ1n) is 7.22. The number of nitrogens with zero attached hydrogens (tertiary/aromatic N) is 1. The third-order valence-corrected chi connectivity index (χ3v) is 9.99. The van der Waals surface area contributed by atoms with E-state index in [9.17, 15) is 16.8 Å². The summed E-state index contributed by atoms with van der Waals surface area (Å²) in [5, 5.41) is 3.59. The molecule has 0 aliphatic carbocycles. The van der Waals surface area contributed by atoms with Crippen molar-refractivity contribution in [3.05, 3.63) is 41.3 Å². The molecule has 3 aromatic rings. The maximum atomic E-state index is 12.0. The fourth-order valence-electron chi connectivity index (χ4n) is 1.88. The van der Waals surface area contributed by atoms with Crippen molar-refractivity contribution in [1.82, 2.24) is 5.16 Å². The predicted molar refractivity (Wildman–Crippen MR) is 119 cm³/mol. The number of aryl methyl sites for hydroxylation is 3. The van der Waals surface area contributed by atoms with Crippen LogP contribution in [0, 0.1) is 20.8 Å². The third-order valence-electron chi connectivity index (χ3n) is 2.98. The zero-order valence-electron chi connectivity index (χ0n) is 14.5. The molecule has 0 unspecified atom stereocenters. The fraction of sp³-hybridized carbons (Fsp3) is 0.214. The second-order valence-electron chi connectivity index (χ2n) is 5.36. The van der Waals surface area contributed by atoms with E-state index in [1.165, 1.54) is 34.8 Å². The van der Waals surface area contributed by atoms with Crippen LogP contribution in [0.25, 0.3) is 0 Å². The lowest BCUT2D eigenvalue weighted by atomic mass is 10.5. The van der Waals surface area contributed by atoms with Gasteiger partial charge in [-0.15, -0.1) is 22.7 Å². The van der Waals surface area contributed by atoms with Crippen molar-refractivity contribution in [2.75, 3.05) is 4.72 Å². The van der Waals surface area contributed by atoms with Crippen LogP contribution in [0.1, 0.15) is 15.5 Å². The largest absolute Gasteiger partial charge is 0.360 e. The highest BCUT2D eigenvalue weighted by Crippen LogP contribution is 2.33. The number of rotatable bonds is 4. The zero-order chi connectivity index (χ0) is 21.3. The summed E-state index contributed by atoms with van der Waals surface area (Å²) in [6.45, 7) is 5.35. The molecule has 3 rings (SSSR count). The number of anilines is 1. The van der Waals surface area contributed by atoms with Crippen molar-refractivity contribution in [2.45, 2.75) is 30.6 Å². The molecule has 0 bridgehead atoms. The summed E-state index contributed by atoms with van der Waals surface area (Å²) in [7, 11) is -2.07. The Kier molecular flexibility index (Phi) is 7.78. The van der Waals surface area contributed by atoms with Crippen LogP contribution in [-0.2, 0) is 19.1 Å². The van der Waals surface area contributed by atoms with Crippen LogP contribution in [-0.4, -0.2) is 22.0 Å². The molecule has 0 saturated heterocycles. The van der Waals surface area contributed by atoms with Crippen LogP contribution in [0.15, 0.2) is 40.1 Å². The lowest BCUT2D eigenvalue weighted by molar-refractivity contribution is 0.400. The van der Waals surface area contributed by atoms with E-state index in [0.29, 0.717) is 13.3 Å². The first-order valence-corrected chi connectivity index (χ1v) is 14.2. The summed E-state index contributed by atoms with van der Waals surface area (Å²) < 4.78 is 54.0. The highest BCUT2D eigenvalue weighted by atomic mass is 79.9. The van der Waals surface area contributed by atoms with Crippen LogP contribution in [0.2, 0.25) is 0 Å². The van der Waals surface area contributed by atoms with E-state index in [-0.39, 0.29) is 15.6 Å². The van der Waals surface area contributed by atoms with Gasteiger partial charge in [0.2, 0.25) is 0 Å². The smallest absolute Gasteiger partial charge is 0.265 e. The summed E-state index contributed by atoms with van der Waals surface area (Å²) in [6, 6.07) is 4.66. The molecule has 0 aliphatic heterocycles. The van der Waals surface area contributed by atoms with E-state index in [4.69, 9.17) is 15.2 Å². The first-order chi connectivity index (χ1) is 12.8. The van der Waals surface area contributed by atoms with Crippen LogP contribution in [0.4, 0.5) is 5.82 Å². The Balaban J connectivity index is 0.000000221. The monoisotopic (exact) mass is 610 g/mol. The molecule has 1 N–H and O–H groups in total. The van der Waals surface area contributed by atoms with E-state index < -0.39 is 19.1 Å². The number of halogens is 3. The van der Waals surface area contributed by atoms with Gasteiger partial charge in [0.05, 0.1) is 7.57 Å². The number of sulfonamides is 1. The molecule has 3 aromatic heterocycles. The molecule has 154 valence electrons. The molecule has 0 aliphatic rings. The van der Waals surface area contributed by atoms with Crippen molar-refractivity contribution < 1.29 is 21.4 Å². The van der Waals surface area contributed by atoms with Gasteiger partial charge in [-0.2, -0.15) is 0 Å². The minimum absolute atomic E-state index is 0.154. The minimum Gasteiger partial charge on any atom is -0.360 e. The molecular weight excluding hydrogens is 600 g/mol. The van der Waals surface area contributed by atoms with E-state index in [1.54, 1.807) is 13.0 Å². The van der Waals surface area contributed by atoms with E-state index in [1.807, 2.05) is 13.8 Å². The first kappa shape index (κ1) is 23.8. The quantitative estimate of drug-likeness (QED) is 0.381. The Morgan fingerprint density at radius 3 is 1.79 bits per heavy atom. The second-order valence-corrected chi connectivity index (χ2v) is 14.7. The van der Waals surface area contributed by atoms with Gasteiger partial charge in [-0.3, -0.25) is 4.72 Å². The third kappa shape index (κ3) is 6.28. The number of hydrogen-bond donors (Lipinski definition) is 1.